The molecule has 0 saturated heterocycles. The number of H-pyrrole nitrogens is 1. The van der Waals surface area contributed by atoms with Crippen LogP contribution < -0.4 is 11.2 Å². The van der Waals surface area contributed by atoms with E-state index in [1.165, 1.54) is 10.8 Å². The number of aromatic nitrogens is 2. The average Bonchev–Trinajstić information content (AvgIpc) is 2.89. The molecular formula is C11H15N2O7P. The first-order valence-corrected chi connectivity index (χ1v) is 7.51. The quantitative estimate of drug-likeness (QED) is 0.582. The van der Waals surface area contributed by atoms with Gasteiger partial charge in [0.25, 0.3) is 5.56 Å². The second-order valence-electron chi connectivity index (χ2n) is 4.38. The van der Waals surface area contributed by atoms with Crippen LogP contribution in [0.1, 0.15) is 11.8 Å². The molecule has 2 heterocycles. The van der Waals surface area contributed by atoms with E-state index in [9.17, 15) is 14.2 Å². The van der Waals surface area contributed by atoms with Gasteiger partial charge in [-0.2, -0.15) is 0 Å². The number of ether oxygens (including phenoxy) is 1. The number of aromatic amines is 1. The van der Waals surface area contributed by atoms with E-state index in [-0.39, 0.29) is 6.61 Å². The van der Waals surface area contributed by atoms with Gasteiger partial charge in [-0.25, -0.2) is 9.36 Å². The number of phosphoric ester groups is 1. The van der Waals surface area contributed by atoms with Crippen LogP contribution in [-0.4, -0.2) is 34.3 Å². The number of nitrogens with zero attached hydrogens (tertiary/aromatic N) is 1. The second-order valence-corrected chi connectivity index (χ2v) is 5.94. The highest BCUT2D eigenvalue weighted by atomic mass is 31.2. The largest absolute Gasteiger partial charge is 0.472 e. The van der Waals surface area contributed by atoms with Crippen molar-refractivity contribution in [1.29, 1.82) is 0 Å². The van der Waals surface area contributed by atoms with Crippen LogP contribution >= 0.6 is 7.82 Å². The van der Waals surface area contributed by atoms with Crippen LogP contribution in [0.2, 0.25) is 0 Å². The topological polar surface area (TPSA) is 120 Å². The number of phosphoric acid groups is 1. The normalized spacial score (nSPS) is 24.1. The average molecular weight is 318 g/mol. The Kier molecular flexibility index (Phi) is 4.60. The monoisotopic (exact) mass is 318 g/mol. The Balaban J connectivity index is 2.06. The van der Waals surface area contributed by atoms with E-state index in [4.69, 9.17) is 9.63 Å². The first-order chi connectivity index (χ1) is 9.82. The zero-order valence-electron chi connectivity index (χ0n) is 11.4. The van der Waals surface area contributed by atoms with Gasteiger partial charge >= 0.3 is 13.5 Å². The van der Waals surface area contributed by atoms with Crippen LogP contribution in [0.5, 0.6) is 0 Å². The second kappa shape index (κ2) is 6.08. The van der Waals surface area contributed by atoms with Crippen molar-refractivity contribution in [3.63, 3.8) is 0 Å². The molecule has 2 N–H and O–H groups in total. The smallest absolute Gasteiger partial charge is 0.344 e. The van der Waals surface area contributed by atoms with Crippen molar-refractivity contribution >= 4 is 7.82 Å². The molecule has 1 aromatic heterocycles. The Morgan fingerprint density at radius 2 is 2.19 bits per heavy atom. The molecule has 0 amide bonds. The molecule has 3 atom stereocenters. The molecule has 9 nitrogen and oxygen atoms in total. The molecule has 10 heteroatoms. The van der Waals surface area contributed by atoms with Crippen LogP contribution in [0.4, 0.5) is 0 Å². The van der Waals surface area contributed by atoms with Gasteiger partial charge in [0.2, 0.25) is 0 Å². The highest BCUT2D eigenvalue weighted by Crippen LogP contribution is 2.42. The van der Waals surface area contributed by atoms with Gasteiger partial charge in [0, 0.05) is 18.9 Å². The summed E-state index contributed by atoms with van der Waals surface area (Å²) in [6, 6.07) is 0. The Bertz CT molecular complexity index is 707. The maximum Gasteiger partial charge on any atom is 0.472 e. The summed E-state index contributed by atoms with van der Waals surface area (Å²) < 4.78 is 26.8. The predicted molar refractivity (Wildman–Crippen MR) is 71.9 cm³/mol. The lowest BCUT2D eigenvalue weighted by atomic mass is 10.3. The van der Waals surface area contributed by atoms with Gasteiger partial charge < -0.3 is 9.63 Å². The van der Waals surface area contributed by atoms with Crippen molar-refractivity contribution < 1.29 is 23.2 Å². The van der Waals surface area contributed by atoms with E-state index in [2.05, 4.69) is 14.0 Å². The molecule has 1 aliphatic heterocycles. The first kappa shape index (κ1) is 15.9. The van der Waals surface area contributed by atoms with Crippen molar-refractivity contribution in [1.82, 2.24) is 9.55 Å². The molecule has 1 aromatic rings. The first-order valence-electron chi connectivity index (χ1n) is 6.01. The molecule has 1 unspecified atom stereocenters. The van der Waals surface area contributed by atoms with Gasteiger partial charge in [-0.1, -0.05) is 6.08 Å². The summed E-state index contributed by atoms with van der Waals surface area (Å²) in [5, 5.41) is 0. The third kappa shape index (κ3) is 3.78. The summed E-state index contributed by atoms with van der Waals surface area (Å²) in [6.07, 6.45) is 3.23. The highest BCUT2D eigenvalue weighted by molar-refractivity contribution is 7.47. The van der Waals surface area contributed by atoms with Crippen LogP contribution in [0.15, 0.2) is 27.9 Å². The molecule has 0 radical (unpaired) electrons. The Morgan fingerprint density at radius 3 is 2.86 bits per heavy atom. The third-order valence-electron chi connectivity index (χ3n) is 2.86. The van der Waals surface area contributed by atoms with Crippen molar-refractivity contribution in [2.45, 2.75) is 19.3 Å². The van der Waals surface area contributed by atoms with Crippen molar-refractivity contribution in [3.8, 4) is 0 Å². The summed E-state index contributed by atoms with van der Waals surface area (Å²) >= 11 is 0. The molecule has 116 valence electrons. The minimum atomic E-state index is -4.07. The van der Waals surface area contributed by atoms with Crippen LogP contribution in [0.25, 0.3) is 0 Å². The van der Waals surface area contributed by atoms with Crippen molar-refractivity contribution in [2.24, 2.45) is 0 Å². The summed E-state index contributed by atoms with van der Waals surface area (Å²) in [4.78, 5) is 34.3. The lowest BCUT2D eigenvalue weighted by Gasteiger charge is -2.17. The number of hydrogen-bond acceptors (Lipinski definition) is 6. The lowest BCUT2D eigenvalue weighted by Crippen LogP contribution is -2.33. The lowest BCUT2D eigenvalue weighted by molar-refractivity contribution is -0.0114. The summed E-state index contributed by atoms with van der Waals surface area (Å²) in [5.41, 5.74) is -0.698. The van der Waals surface area contributed by atoms with Gasteiger partial charge in [0.1, 0.15) is 6.10 Å². The van der Waals surface area contributed by atoms with Crippen molar-refractivity contribution in [3.05, 3.63) is 44.8 Å². The molecule has 0 saturated carbocycles. The highest BCUT2D eigenvalue weighted by Gasteiger charge is 2.26. The molecule has 21 heavy (non-hydrogen) atoms. The van der Waals surface area contributed by atoms with E-state index in [1.54, 1.807) is 19.1 Å². The number of aryl methyl sites for hydroxylation is 1. The summed E-state index contributed by atoms with van der Waals surface area (Å²) in [6.45, 7) is 1.36. The molecule has 0 aromatic carbocycles. The van der Waals surface area contributed by atoms with E-state index >= 15 is 0 Å². The Morgan fingerprint density at radius 1 is 1.48 bits per heavy atom. The van der Waals surface area contributed by atoms with E-state index in [0.717, 1.165) is 7.11 Å². The summed E-state index contributed by atoms with van der Waals surface area (Å²) in [7, 11) is -3.02. The van der Waals surface area contributed by atoms with E-state index in [0.29, 0.717) is 5.56 Å². The maximum atomic E-state index is 11.7. The van der Waals surface area contributed by atoms with Crippen LogP contribution in [0, 0.1) is 6.92 Å². The van der Waals surface area contributed by atoms with E-state index in [1.807, 2.05) is 0 Å². The number of rotatable bonds is 5. The molecule has 0 aliphatic carbocycles. The fourth-order valence-electron chi connectivity index (χ4n) is 1.74. The molecule has 0 spiro atoms. The molecule has 0 bridgehead atoms. The van der Waals surface area contributed by atoms with Gasteiger partial charge in [-0.05, 0) is 13.0 Å². The van der Waals surface area contributed by atoms with Gasteiger partial charge in [-0.15, -0.1) is 0 Å². The van der Waals surface area contributed by atoms with Crippen molar-refractivity contribution in [2.75, 3.05) is 13.7 Å². The fraction of sp³-hybridized carbons (Fsp3) is 0.455. The SMILES string of the molecule is COP(=O)(O)OC[C@@H]1C=C[C@H](n2cc(C)c(=O)[nH]c2=O)O1. The zero-order valence-corrected chi connectivity index (χ0v) is 12.3. The zero-order chi connectivity index (χ0) is 15.6. The molecule has 1 aliphatic rings. The maximum absolute atomic E-state index is 11.7. The van der Waals surface area contributed by atoms with Crippen LogP contribution in [-0.2, 0) is 18.3 Å². The Hall–Kier alpha value is -1.51. The van der Waals surface area contributed by atoms with E-state index < -0.39 is 31.4 Å². The minimum Gasteiger partial charge on any atom is -0.344 e. The standard InChI is InChI=1S/C11H15N2O7P/c1-7-5-13(11(15)12-10(7)14)9-4-3-8(20-9)6-19-21(16,17)18-2/h3-5,8-9H,6H2,1-2H3,(H,16,17)(H,12,14,15)/t8-,9+/m0/s1. The fourth-order valence-corrected chi connectivity index (χ4v) is 2.18. The van der Waals surface area contributed by atoms with Crippen LogP contribution in [0.3, 0.4) is 0 Å². The molecular weight excluding hydrogens is 303 g/mol. The molecule has 2 rings (SSSR count). The minimum absolute atomic E-state index is 0.203. The number of nitrogens with one attached hydrogen (secondary N) is 1. The predicted octanol–water partition coefficient (Wildman–Crippen LogP) is 0.0620. The Labute approximate surface area is 119 Å². The van der Waals surface area contributed by atoms with Gasteiger partial charge in [0.05, 0.1) is 6.61 Å². The van der Waals surface area contributed by atoms with Gasteiger partial charge in [-0.3, -0.25) is 23.4 Å². The van der Waals surface area contributed by atoms with Gasteiger partial charge in [0.15, 0.2) is 6.23 Å². The summed E-state index contributed by atoms with van der Waals surface area (Å²) in [5.74, 6) is 0. The molecule has 0 fully saturated rings. The number of hydrogen-bond donors (Lipinski definition) is 2. The third-order valence-corrected chi connectivity index (χ3v) is 3.79.